The molecule has 1 aromatic carbocycles. The van der Waals surface area contributed by atoms with Gasteiger partial charge in [-0.2, -0.15) is 0 Å². The Morgan fingerprint density at radius 1 is 1.28 bits per heavy atom. The zero-order valence-electron chi connectivity index (χ0n) is 10.2. The number of halogens is 1. The molecule has 0 aromatic heterocycles. The van der Waals surface area contributed by atoms with Gasteiger partial charge >= 0.3 is 0 Å². The number of anilines is 2. The van der Waals surface area contributed by atoms with Crippen molar-refractivity contribution < 1.29 is 13.9 Å². The Balaban J connectivity index is 2.00. The molecule has 96 valence electrons. The molecule has 0 unspecified atom stereocenters. The highest BCUT2D eigenvalue weighted by Gasteiger charge is 2.43. The quantitative estimate of drug-likeness (QED) is 0.741. The Morgan fingerprint density at radius 2 is 2.00 bits per heavy atom. The molecule has 0 radical (unpaired) electrons. The lowest BCUT2D eigenvalue weighted by molar-refractivity contribution is -0.123. The third-order valence-electron chi connectivity index (χ3n) is 3.70. The number of hydrogen-bond acceptors (Lipinski definition) is 3. The maximum absolute atomic E-state index is 13.5. The molecule has 1 amide bonds. The van der Waals surface area contributed by atoms with Gasteiger partial charge in [0.05, 0.1) is 11.4 Å². The van der Waals surface area contributed by atoms with Crippen molar-refractivity contribution >= 4 is 17.3 Å². The van der Waals surface area contributed by atoms with E-state index in [4.69, 9.17) is 4.74 Å². The number of aryl methyl sites for hydroxylation is 1. The molecule has 0 atom stereocenters. The normalized spacial score (nSPS) is 21.1. The van der Waals surface area contributed by atoms with Crippen LogP contribution in [0.5, 0.6) is 0 Å². The van der Waals surface area contributed by atoms with Gasteiger partial charge in [-0.1, -0.05) is 0 Å². The molecule has 2 aliphatic rings. The van der Waals surface area contributed by atoms with Crippen LogP contribution in [0.25, 0.3) is 0 Å². The zero-order valence-corrected chi connectivity index (χ0v) is 10.2. The summed E-state index contributed by atoms with van der Waals surface area (Å²) in [5.41, 5.74) is 1.27. The highest BCUT2D eigenvalue weighted by Crippen LogP contribution is 2.37. The van der Waals surface area contributed by atoms with Crippen LogP contribution < -0.4 is 10.6 Å². The fraction of sp³-hybridized carbons (Fsp3) is 0.462. The van der Waals surface area contributed by atoms with Crippen molar-refractivity contribution in [2.75, 3.05) is 23.8 Å². The number of nitrogens with one attached hydrogen (secondary N) is 2. The molecule has 2 heterocycles. The number of hydrogen-bond donors (Lipinski definition) is 2. The Labute approximate surface area is 105 Å². The molecular formula is C13H15FN2O2. The summed E-state index contributed by atoms with van der Waals surface area (Å²) in [4.78, 5) is 12.2. The highest BCUT2D eigenvalue weighted by molar-refractivity contribution is 6.06. The Kier molecular flexibility index (Phi) is 2.52. The standard InChI is InChI=1S/C13H15FN2O2/c1-8-6-11-10(7-9(8)14)15-12(17)13(16-11)2-4-18-5-3-13/h6-7,16H,2-5H2,1H3,(H,15,17). The first-order valence-electron chi connectivity index (χ1n) is 6.08. The summed E-state index contributed by atoms with van der Waals surface area (Å²) in [5, 5.41) is 6.06. The number of carbonyl (C=O) groups is 1. The van der Waals surface area contributed by atoms with Crippen LogP contribution in [0.15, 0.2) is 12.1 Å². The van der Waals surface area contributed by atoms with Gasteiger partial charge in [0.15, 0.2) is 0 Å². The van der Waals surface area contributed by atoms with Gasteiger partial charge in [-0.3, -0.25) is 4.79 Å². The first-order chi connectivity index (χ1) is 8.61. The molecular weight excluding hydrogens is 235 g/mol. The predicted octanol–water partition coefficient (Wildman–Crippen LogP) is 2.05. The summed E-state index contributed by atoms with van der Waals surface area (Å²) >= 11 is 0. The number of carbonyl (C=O) groups excluding carboxylic acids is 1. The van der Waals surface area contributed by atoms with Gasteiger partial charge in [-0.15, -0.1) is 0 Å². The van der Waals surface area contributed by atoms with E-state index in [2.05, 4.69) is 10.6 Å². The minimum absolute atomic E-state index is 0.0958. The summed E-state index contributed by atoms with van der Waals surface area (Å²) in [5.74, 6) is -0.402. The summed E-state index contributed by atoms with van der Waals surface area (Å²) in [7, 11) is 0. The van der Waals surface area contributed by atoms with Crippen LogP contribution in [0.2, 0.25) is 0 Å². The fourth-order valence-electron chi connectivity index (χ4n) is 2.52. The molecule has 1 spiro atoms. The van der Waals surface area contributed by atoms with Crippen molar-refractivity contribution in [2.24, 2.45) is 0 Å². The molecule has 0 aliphatic carbocycles. The SMILES string of the molecule is Cc1cc2c(cc1F)NC(=O)C1(CCOCC1)N2. The van der Waals surface area contributed by atoms with Crippen LogP contribution in [0.3, 0.4) is 0 Å². The van der Waals surface area contributed by atoms with E-state index in [1.54, 1.807) is 13.0 Å². The van der Waals surface area contributed by atoms with Crippen LogP contribution in [0, 0.1) is 12.7 Å². The van der Waals surface area contributed by atoms with Crippen LogP contribution in [-0.2, 0) is 9.53 Å². The van der Waals surface area contributed by atoms with E-state index in [0.717, 1.165) is 5.69 Å². The van der Waals surface area contributed by atoms with Crippen LogP contribution in [0.4, 0.5) is 15.8 Å². The Hall–Kier alpha value is -1.62. The first kappa shape index (κ1) is 11.5. The van der Waals surface area contributed by atoms with E-state index in [1.807, 2.05) is 0 Å². The van der Waals surface area contributed by atoms with Crippen molar-refractivity contribution in [1.29, 1.82) is 0 Å². The van der Waals surface area contributed by atoms with Gasteiger partial charge in [-0.25, -0.2) is 4.39 Å². The molecule has 2 aliphatic heterocycles. The topological polar surface area (TPSA) is 50.4 Å². The average Bonchev–Trinajstić information content (AvgIpc) is 2.35. The van der Waals surface area contributed by atoms with Crippen molar-refractivity contribution in [1.82, 2.24) is 0 Å². The minimum Gasteiger partial charge on any atom is -0.381 e. The molecule has 5 heteroatoms. The zero-order chi connectivity index (χ0) is 12.8. The van der Waals surface area contributed by atoms with Gasteiger partial charge < -0.3 is 15.4 Å². The maximum Gasteiger partial charge on any atom is 0.250 e. The number of ether oxygens (including phenoxy) is 1. The molecule has 4 nitrogen and oxygen atoms in total. The molecule has 1 fully saturated rings. The molecule has 18 heavy (non-hydrogen) atoms. The predicted molar refractivity (Wildman–Crippen MR) is 66.2 cm³/mol. The van der Waals surface area contributed by atoms with Crippen LogP contribution in [-0.4, -0.2) is 24.7 Å². The third kappa shape index (κ3) is 1.66. The van der Waals surface area contributed by atoms with Crippen molar-refractivity contribution in [2.45, 2.75) is 25.3 Å². The Morgan fingerprint density at radius 3 is 2.72 bits per heavy atom. The average molecular weight is 250 g/mol. The van der Waals surface area contributed by atoms with Crippen molar-refractivity contribution in [3.8, 4) is 0 Å². The number of benzene rings is 1. The van der Waals surface area contributed by atoms with Gasteiger partial charge in [0.25, 0.3) is 0 Å². The van der Waals surface area contributed by atoms with E-state index in [1.165, 1.54) is 6.07 Å². The fourth-order valence-corrected chi connectivity index (χ4v) is 2.52. The van der Waals surface area contributed by atoms with Gasteiger partial charge in [0, 0.05) is 26.1 Å². The monoisotopic (exact) mass is 250 g/mol. The summed E-state index contributed by atoms with van der Waals surface area (Å²) in [6.45, 7) is 2.84. The van der Waals surface area contributed by atoms with Gasteiger partial charge in [-0.05, 0) is 24.6 Å². The van der Waals surface area contributed by atoms with E-state index in [9.17, 15) is 9.18 Å². The third-order valence-corrected chi connectivity index (χ3v) is 3.70. The molecule has 2 N–H and O–H groups in total. The summed E-state index contributed by atoms with van der Waals surface area (Å²) in [6.07, 6.45) is 1.27. The molecule has 1 aromatic rings. The lowest BCUT2D eigenvalue weighted by Gasteiger charge is -2.41. The van der Waals surface area contributed by atoms with E-state index in [0.29, 0.717) is 37.3 Å². The van der Waals surface area contributed by atoms with Crippen LogP contribution in [0.1, 0.15) is 18.4 Å². The van der Waals surface area contributed by atoms with Gasteiger partial charge in [0.1, 0.15) is 11.4 Å². The Bertz CT molecular complexity index is 510. The summed E-state index contributed by atoms with van der Waals surface area (Å²) < 4.78 is 18.8. The van der Waals surface area contributed by atoms with E-state index in [-0.39, 0.29) is 11.7 Å². The highest BCUT2D eigenvalue weighted by atomic mass is 19.1. The molecule has 3 rings (SSSR count). The number of amides is 1. The smallest absolute Gasteiger partial charge is 0.250 e. The van der Waals surface area contributed by atoms with E-state index >= 15 is 0 Å². The number of fused-ring (bicyclic) bond motifs is 1. The second kappa shape index (κ2) is 3.95. The number of rotatable bonds is 0. The summed E-state index contributed by atoms with van der Waals surface area (Å²) in [6, 6.07) is 3.10. The van der Waals surface area contributed by atoms with E-state index < -0.39 is 5.54 Å². The largest absolute Gasteiger partial charge is 0.381 e. The molecule has 0 bridgehead atoms. The maximum atomic E-state index is 13.5. The second-order valence-corrected chi connectivity index (χ2v) is 4.92. The second-order valence-electron chi connectivity index (χ2n) is 4.92. The van der Waals surface area contributed by atoms with Crippen LogP contribution >= 0.6 is 0 Å². The van der Waals surface area contributed by atoms with Crippen molar-refractivity contribution in [3.63, 3.8) is 0 Å². The minimum atomic E-state index is -0.602. The first-order valence-corrected chi connectivity index (χ1v) is 6.08. The lowest BCUT2D eigenvalue weighted by Crippen LogP contribution is -2.55. The molecule has 1 saturated heterocycles. The van der Waals surface area contributed by atoms with Crippen molar-refractivity contribution in [3.05, 3.63) is 23.5 Å². The lowest BCUT2D eigenvalue weighted by atomic mass is 9.86. The van der Waals surface area contributed by atoms with Gasteiger partial charge in [0.2, 0.25) is 5.91 Å². The molecule has 0 saturated carbocycles.